The maximum Gasteiger partial charge on any atom is 0.331 e. The number of thioether (sulfide) groups is 2. The fourth-order valence-electron chi connectivity index (χ4n) is 3.65. The molecule has 0 unspecified atom stereocenters. The zero-order valence-corrected chi connectivity index (χ0v) is 17.7. The number of amides is 1. The number of nitrogens with one attached hydrogen (secondary N) is 1. The van der Waals surface area contributed by atoms with Gasteiger partial charge in [0.25, 0.3) is 11.5 Å². The Morgan fingerprint density at radius 3 is 3.03 bits per heavy atom. The van der Waals surface area contributed by atoms with Gasteiger partial charge in [-0.05, 0) is 31.1 Å². The molecule has 0 fully saturated rings. The lowest BCUT2D eigenvalue weighted by molar-refractivity contribution is -0.116. The van der Waals surface area contributed by atoms with Crippen LogP contribution in [0.3, 0.4) is 0 Å². The van der Waals surface area contributed by atoms with Gasteiger partial charge in [-0.25, -0.2) is 9.78 Å². The highest BCUT2D eigenvalue weighted by atomic mass is 32.2. The Morgan fingerprint density at radius 1 is 1.23 bits per heavy atom. The first-order valence-corrected chi connectivity index (χ1v) is 11.5. The molecule has 0 bridgehead atoms. The number of imidazole rings is 1. The Labute approximate surface area is 180 Å². The molecule has 0 saturated carbocycles. The van der Waals surface area contributed by atoms with Gasteiger partial charge in [-0.3, -0.25) is 23.1 Å². The van der Waals surface area contributed by atoms with E-state index in [-0.39, 0.29) is 23.7 Å². The van der Waals surface area contributed by atoms with Crippen LogP contribution in [0.25, 0.3) is 11.7 Å². The molecule has 0 atom stereocenters. The number of nitrogens with zero attached hydrogens (tertiary/aromatic N) is 4. The fraction of sp³-hybridized carbons (Fsp3) is 0.300. The lowest BCUT2D eigenvalue weighted by atomic mass is 10.3. The lowest BCUT2D eigenvalue weighted by Crippen LogP contribution is -2.41. The van der Waals surface area contributed by atoms with Gasteiger partial charge in [-0.15, -0.1) is 11.8 Å². The predicted molar refractivity (Wildman–Crippen MR) is 117 cm³/mol. The van der Waals surface area contributed by atoms with Crippen molar-refractivity contribution in [1.29, 1.82) is 0 Å². The number of carbonyl (C=O) groups is 1. The number of hydrogen-bond donors (Lipinski definition) is 1. The van der Waals surface area contributed by atoms with Crippen molar-refractivity contribution in [2.45, 2.75) is 36.0 Å². The minimum absolute atomic E-state index is 0.171. The second-order valence-corrected chi connectivity index (χ2v) is 9.25. The molecule has 0 saturated heterocycles. The van der Waals surface area contributed by atoms with Crippen molar-refractivity contribution in [1.82, 2.24) is 23.8 Å². The van der Waals surface area contributed by atoms with E-state index in [9.17, 15) is 14.4 Å². The minimum atomic E-state index is -0.279. The summed E-state index contributed by atoms with van der Waals surface area (Å²) in [7, 11) is 0. The van der Waals surface area contributed by atoms with Gasteiger partial charge >= 0.3 is 5.69 Å². The van der Waals surface area contributed by atoms with E-state index in [0.29, 0.717) is 24.4 Å². The minimum Gasteiger partial charge on any atom is -0.352 e. The van der Waals surface area contributed by atoms with Crippen molar-refractivity contribution in [3.8, 4) is 0 Å². The third kappa shape index (κ3) is 3.39. The van der Waals surface area contributed by atoms with Gasteiger partial charge in [0.1, 0.15) is 5.65 Å². The van der Waals surface area contributed by atoms with Gasteiger partial charge in [0.15, 0.2) is 0 Å². The summed E-state index contributed by atoms with van der Waals surface area (Å²) >= 11 is 2.94. The van der Waals surface area contributed by atoms with E-state index in [1.54, 1.807) is 22.5 Å². The molecule has 5 heterocycles. The number of rotatable bonds is 5. The van der Waals surface area contributed by atoms with Gasteiger partial charge in [-0.1, -0.05) is 17.8 Å². The first-order chi connectivity index (χ1) is 14.6. The molecule has 154 valence electrons. The van der Waals surface area contributed by atoms with Crippen LogP contribution < -0.4 is 16.6 Å². The molecule has 3 aromatic rings. The van der Waals surface area contributed by atoms with Crippen molar-refractivity contribution >= 4 is 41.2 Å². The number of aromatic nitrogens is 4. The summed E-state index contributed by atoms with van der Waals surface area (Å²) < 4.78 is 4.94. The second-order valence-electron chi connectivity index (χ2n) is 7.07. The highest BCUT2D eigenvalue weighted by Crippen LogP contribution is 2.34. The molecule has 0 aliphatic carbocycles. The molecule has 30 heavy (non-hydrogen) atoms. The molecule has 0 aromatic carbocycles. The molecule has 0 spiro atoms. The number of carbonyl (C=O) groups excluding carboxylic acids is 1. The molecule has 5 rings (SSSR count). The monoisotopic (exact) mass is 441 g/mol. The third-order valence-corrected chi connectivity index (χ3v) is 7.28. The van der Waals surface area contributed by atoms with Gasteiger partial charge < -0.3 is 5.32 Å². The molecule has 2 aliphatic heterocycles. The zero-order chi connectivity index (χ0) is 20.7. The van der Waals surface area contributed by atoms with Crippen LogP contribution in [0, 0.1) is 0 Å². The van der Waals surface area contributed by atoms with Crippen LogP contribution in [-0.4, -0.2) is 36.7 Å². The molecule has 2 aliphatic rings. The average Bonchev–Trinajstić information content (AvgIpc) is 3.17. The first-order valence-electron chi connectivity index (χ1n) is 9.73. The maximum absolute atomic E-state index is 12.6. The van der Waals surface area contributed by atoms with Crippen molar-refractivity contribution in [2.24, 2.45) is 0 Å². The highest BCUT2D eigenvalue weighted by molar-refractivity contribution is 8.04. The summed E-state index contributed by atoms with van der Waals surface area (Å²) in [4.78, 5) is 42.5. The lowest BCUT2D eigenvalue weighted by Gasteiger charge is -2.18. The highest BCUT2D eigenvalue weighted by Gasteiger charge is 2.20. The summed E-state index contributed by atoms with van der Waals surface area (Å²) in [6.07, 6.45) is 5.00. The van der Waals surface area contributed by atoms with E-state index in [1.807, 2.05) is 28.7 Å². The average molecular weight is 442 g/mol. The first kappa shape index (κ1) is 19.3. The van der Waals surface area contributed by atoms with Gasteiger partial charge in [0, 0.05) is 31.5 Å². The van der Waals surface area contributed by atoms with Crippen LogP contribution in [0.5, 0.6) is 0 Å². The van der Waals surface area contributed by atoms with E-state index in [2.05, 4.69) is 10.3 Å². The van der Waals surface area contributed by atoms with Crippen LogP contribution in [-0.2, 0) is 17.9 Å². The van der Waals surface area contributed by atoms with E-state index in [4.69, 9.17) is 0 Å². The molecule has 1 amide bonds. The van der Waals surface area contributed by atoms with Gasteiger partial charge in [0.2, 0.25) is 0 Å². The van der Waals surface area contributed by atoms with Crippen molar-refractivity contribution < 1.29 is 4.79 Å². The van der Waals surface area contributed by atoms with E-state index >= 15 is 0 Å². The summed E-state index contributed by atoms with van der Waals surface area (Å²) in [5.41, 5.74) is 1.18. The molecule has 10 heteroatoms. The molecular weight excluding hydrogens is 422 g/mol. The Morgan fingerprint density at radius 2 is 2.13 bits per heavy atom. The van der Waals surface area contributed by atoms with Crippen LogP contribution in [0.15, 0.2) is 55.0 Å². The van der Waals surface area contributed by atoms with Crippen molar-refractivity contribution in [3.63, 3.8) is 0 Å². The van der Waals surface area contributed by atoms with Crippen LogP contribution in [0.2, 0.25) is 0 Å². The zero-order valence-electron chi connectivity index (χ0n) is 16.0. The Kier molecular flexibility index (Phi) is 5.03. The third-order valence-electron chi connectivity index (χ3n) is 5.10. The quantitative estimate of drug-likeness (QED) is 0.480. The van der Waals surface area contributed by atoms with Crippen LogP contribution >= 0.6 is 23.5 Å². The van der Waals surface area contributed by atoms with E-state index in [0.717, 1.165) is 33.6 Å². The number of hydrogen-bond acceptors (Lipinski definition) is 6. The predicted octanol–water partition coefficient (Wildman–Crippen LogP) is 1.81. The van der Waals surface area contributed by atoms with Crippen LogP contribution in [0.1, 0.15) is 18.5 Å². The Balaban J connectivity index is 1.23. The molecule has 3 aromatic heterocycles. The number of pyridine rings is 1. The normalized spacial score (nSPS) is 15.0. The number of fused-ring (bicyclic) bond motifs is 1. The smallest absolute Gasteiger partial charge is 0.331 e. The molecule has 8 nitrogen and oxygen atoms in total. The summed E-state index contributed by atoms with van der Waals surface area (Å²) in [6, 6.07) is 7.34. The van der Waals surface area contributed by atoms with Gasteiger partial charge in [0.05, 0.1) is 26.8 Å². The van der Waals surface area contributed by atoms with E-state index < -0.39 is 0 Å². The second kappa shape index (κ2) is 7.84. The Bertz CT molecular complexity index is 1300. The maximum atomic E-state index is 12.6. The van der Waals surface area contributed by atoms with E-state index in [1.165, 1.54) is 22.4 Å². The SMILES string of the molecule is O=C(NCCCn1c(=O)cc2n(c1=O)CCCS2)C1=Cc2cnc3cccc(n23)S1. The standard InChI is InChI=1S/C20H19N5O3S2/c26-16-11-18-24(8-3-9-29-18)20(28)23(16)7-2-6-21-19(27)14-10-13-12-22-15-4-1-5-17(30-14)25(13)15/h1,4-5,10-12H,2-3,6-9H2,(H,21,27). The Hall–Kier alpha value is -2.72. The summed E-state index contributed by atoms with van der Waals surface area (Å²) in [6.45, 7) is 1.30. The summed E-state index contributed by atoms with van der Waals surface area (Å²) in [5.74, 6) is 0.758. The fourth-order valence-corrected chi connectivity index (χ4v) is 5.65. The van der Waals surface area contributed by atoms with Gasteiger partial charge in [-0.2, -0.15) is 0 Å². The van der Waals surface area contributed by atoms with Crippen molar-refractivity contribution in [2.75, 3.05) is 12.3 Å². The topological polar surface area (TPSA) is 90.4 Å². The summed E-state index contributed by atoms with van der Waals surface area (Å²) in [5, 5.41) is 4.58. The molecule has 1 N–H and O–H groups in total. The molecule has 0 radical (unpaired) electrons. The molecular formula is C20H19N5O3S2. The van der Waals surface area contributed by atoms with Crippen molar-refractivity contribution in [3.05, 3.63) is 61.9 Å². The largest absolute Gasteiger partial charge is 0.352 e. The van der Waals surface area contributed by atoms with Crippen LogP contribution in [0.4, 0.5) is 0 Å².